The number of carbonyl (C=O) groups is 1. The summed E-state index contributed by atoms with van der Waals surface area (Å²) in [4.78, 5) is 10.7. The lowest BCUT2D eigenvalue weighted by molar-refractivity contribution is -0.140. The van der Waals surface area contributed by atoms with Crippen LogP contribution in [0.4, 0.5) is 0 Å². The zero-order chi connectivity index (χ0) is 10.3. The lowest BCUT2D eigenvalue weighted by Gasteiger charge is -2.19. The van der Waals surface area contributed by atoms with E-state index in [2.05, 4.69) is 10.1 Å². The summed E-state index contributed by atoms with van der Waals surface area (Å²) in [6.07, 6.45) is 0.347. The van der Waals surface area contributed by atoms with Gasteiger partial charge in [-0.1, -0.05) is 13.8 Å². The molecule has 78 valence electrons. The first kappa shape index (κ1) is 12.4. The average Bonchev–Trinajstić information content (AvgIpc) is 2.11. The quantitative estimate of drug-likeness (QED) is 0.584. The molecule has 0 spiro atoms. The zero-order valence-corrected chi connectivity index (χ0v) is 8.54. The van der Waals surface area contributed by atoms with Crippen molar-refractivity contribution >= 4 is 5.97 Å². The molecule has 0 aliphatic rings. The van der Waals surface area contributed by atoms with Crippen molar-refractivity contribution in [1.29, 1.82) is 0 Å². The molecule has 13 heavy (non-hydrogen) atoms. The van der Waals surface area contributed by atoms with E-state index < -0.39 is 0 Å². The lowest BCUT2D eigenvalue weighted by atomic mass is 10.1. The van der Waals surface area contributed by atoms with Crippen LogP contribution in [0.25, 0.3) is 0 Å². The van der Waals surface area contributed by atoms with Crippen LogP contribution in [0.3, 0.4) is 0 Å². The molecule has 0 unspecified atom stereocenters. The molecule has 0 rings (SSSR count). The number of nitrogens with one attached hydrogen (secondary N) is 1. The highest BCUT2D eigenvalue weighted by atomic mass is 16.5. The van der Waals surface area contributed by atoms with Gasteiger partial charge in [0, 0.05) is 12.6 Å². The third kappa shape index (κ3) is 5.60. The van der Waals surface area contributed by atoms with E-state index in [1.165, 1.54) is 7.11 Å². The van der Waals surface area contributed by atoms with Gasteiger partial charge in [-0.3, -0.25) is 4.79 Å². The van der Waals surface area contributed by atoms with Crippen LogP contribution in [0, 0.1) is 5.92 Å². The van der Waals surface area contributed by atoms with Crippen molar-refractivity contribution in [3.8, 4) is 0 Å². The van der Waals surface area contributed by atoms with E-state index in [1.54, 1.807) is 0 Å². The first-order valence-corrected chi connectivity index (χ1v) is 4.52. The molecule has 4 heteroatoms. The van der Waals surface area contributed by atoms with E-state index in [4.69, 9.17) is 5.11 Å². The number of carbonyl (C=O) groups excluding carboxylic acids is 1. The first-order chi connectivity index (χ1) is 6.11. The van der Waals surface area contributed by atoms with Gasteiger partial charge in [-0.05, 0) is 5.92 Å². The largest absolute Gasteiger partial charge is 0.469 e. The first-order valence-electron chi connectivity index (χ1n) is 4.52. The fourth-order valence-electron chi connectivity index (χ4n) is 0.973. The predicted octanol–water partition coefficient (Wildman–Crippen LogP) is 0.156. The Morgan fingerprint density at radius 1 is 1.54 bits per heavy atom. The summed E-state index contributed by atoms with van der Waals surface area (Å²) in [7, 11) is 1.37. The van der Waals surface area contributed by atoms with E-state index in [9.17, 15) is 4.79 Å². The van der Waals surface area contributed by atoms with Gasteiger partial charge in [0.15, 0.2) is 0 Å². The molecule has 0 saturated heterocycles. The minimum Gasteiger partial charge on any atom is -0.469 e. The molecule has 0 aromatic rings. The fourth-order valence-corrected chi connectivity index (χ4v) is 0.973. The van der Waals surface area contributed by atoms with Crippen molar-refractivity contribution in [3.63, 3.8) is 0 Å². The smallest absolute Gasteiger partial charge is 0.306 e. The van der Waals surface area contributed by atoms with E-state index in [0.717, 1.165) is 0 Å². The summed E-state index contributed by atoms with van der Waals surface area (Å²) in [6, 6.07) is 0.0599. The Bertz CT molecular complexity index is 148. The van der Waals surface area contributed by atoms with Gasteiger partial charge in [0.2, 0.25) is 0 Å². The van der Waals surface area contributed by atoms with Gasteiger partial charge in [0.1, 0.15) is 0 Å². The van der Waals surface area contributed by atoms with Crippen molar-refractivity contribution in [2.24, 2.45) is 5.92 Å². The van der Waals surface area contributed by atoms with Crippen LogP contribution >= 0.6 is 0 Å². The summed E-state index contributed by atoms with van der Waals surface area (Å²) in [5.41, 5.74) is 0. The summed E-state index contributed by atoms with van der Waals surface area (Å²) < 4.78 is 4.48. The number of hydrogen-bond acceptors (Lipinski definition) is 4. The van der Waals surface area contributed by atoms with Crippen LogP contribution in [0.1, 0.15) is 20.3 Å². The number of aliphatic hydroxyl groups is 1. The van der Waals surface area contributed by atoms with Crippen molar-refractivity contribution in [2.45, 2.75) is 26.3 Å². The van der Waals surface area contributed by atoms with Gasteiger partial charge >= 0.3 is 5.97 Å². The maximum absolute atomic E-state index is 10.7. The monoisotopic (exact) mass is 189 g/mol. The summed E-state index contributed by atoms with van der Waals surface area (Å²) in [5.74, 6) is 0.135. The molecule has 4 nitrogen and oxygen atoms in total. The van der Waals surface area contributed by atoms with Crippen LogP contribution in [0.15, 0.2) is 0 Å². The van der Waals surface area contributed by atoms with Gasteiger partial charge in [-0.2, -0.15) is 0 Å². The Labute approximate surface area is 79.3 Å². The molecular formula is C9H19NO3. The molecule has 0 bridgehead atoms. The van der Waals surface area contributed by atoms with E-state index in [0.29, 0.717) is 18.9 Å². The standard InChI is InChI=1S/C9H19NO3/c1-7(2)8(6-11)10-5-4-9(12)13-3/h7-8,10-11H,4-6H2,1-3H3/t8-/m1/s1. The molecule has 1 atom stereocenters. The molecule has 0 aliphatic heterocycles. The molecule has 2 N–H and O–H groups in total. The molecule has 0 heterocycles. The molecule has 0 amide bonds. The maximum Gasteiger partial charge on any atom is 0.306 e. The highest BCUT2D eigenvalue weighted by Gasteiger charge is 2.11. The molecular weight excluding hydrogens is 170 g/mol. The van der Waals surface area contributed by atoms with E-state index >= 15 is 0 Å². The van der Waals surface area contributed by atoms with Crippen molar-refractivity contribution < 1.29 is 14.6 Å². The second-order valence-electron chi connectivity index (χ2n) is 3.31. The van der Waals surface area contributed by atoms with Gasteiger partial charge in [0.05, 0.1) is 20.1 Å². The van der Waals surface area contributed by atoms with Crippen LogP contribution in [0.5, 0.6) is 0 Å². The fraction of sp³-hybridized carbons (Fsp3) is 0.889. The molecule has 0 aliphatic carbocycles. The SMILES string of the molecule is COC(=O)CCN[C@H](CO)C(C)C. The number of hydrogen-bond donors (Lipinski definition) is 2. The Morgan fingerprint density at radius 3 is 2.54 bits per heavy atom. The molecule has 0 saturated carbocycles. The topological polar surface area (TPSA) is 58.6 Å². The summed E-state index contributed by atoms with van der Waals surface area (Å²) >= 11 is 0. The van der Waals surface area contributed by atoms with Crippen LogP contribution in [-0.2, 0) is 9.53 Å². The van der Waals surface area contributed by atoms with Crippen molar-refractivity contribution in [3.05, 3.63) is 0 Å². The molecule has 0 fully saturated rings. The molecule has 0 aromatic carbocycles. The van der Waals surface area contributed by atoms with Gasteiger partial charge in [-0.25, -0.2) is 0 Å². The van der Waals surface area contributed by atoms with E-state index in [1.807, 2.05) is 13.8 Å². The van der Waals surface area contributed by atoms with E-state index in [-0.39, 0.29) is 18.6 Å². The number of aliphatic hydroxyl groups excluding tert-OH is 1. The molecule has 0 aromatic heterocycles. The Hall–Kier alpha value is -0.610. The second kappa shape index (κ2) is 6.86. The van der Waals surface area contributed by atoms with Gasteiger partial charge in [0.25, 0.3) is 0 Å². The van der Waals surface area contributed by atoms with Crippen LogP contribution in [-0.4, -0.2) is 37.4 Å². The predicted molar refractivity (Wildman–Crippen MR) is 50.3 cm³/mol. The highest BCUT2D eigenvalue weighted by Crippen LogP contribution is 1.99. The van der Waals surface area contributed by atoms with Crippen molar-refractivity contribution in [2.75, 3.05) is 20.3 Å². The Morgan fingerprint density at radius 2 is 2.15 bits per heavy atom. The molecule has 0 radical (unpaired) electrons. The highest BCUT2D eigenvalue weighted by molar-refractivity contribution is 5.69. The summed E-state index contributed by atoms with van der Waals surface area (Å²) in [6.45, 7) is 4.69. The Balaban J connectivity index is 3.55. The maximum atomic E-state index is 10.7. The number of esters is 1. The van der Waals surface area contributed by atoms with Crippen LogP contribution in [0.2, 0.25) is 0 Å². The minimum absolute atomic E-state index is 0.0599. The number of ether oxygens (including phenoxy) is 1. The third-order valence-corrected chi connectivity index (χ3v) is 1.96. The van der Waals surface area contributed by atoms with Gasteiger partial charge in [-0.15, -0.1) is 0 Å². The minimum atomic E-state index is -0.229. The number of rotatable bonds is 6. The lowest BCUT2D eigenvalue weighted by Crippen LogP contribution is -2.38. The summed E-state index contributed by atoms with van der Waals surface area (Å²) in [5, 5.41) is 12.0. The zero-order valence-electron chi connectivity index (χ0n) is 8.54. The average molecular weight is 189 g/mol. The normalized spacial score (nSPS) is 13.0. The Kier molecular flexibility index (Phi) is 6.54. The van der Waals surface area contributed by atoms with Crippen molar-refractivity contribution in [1.82, 2.24) is 5.32 Å². The third-order valence-electron chi connectivity index (χ3n) is 1.96. The van der Waals surface area contributed by atoms with Crippen LogP contribution < -0.4 is 5.32 Å². The second-order valence-corrected chi connectivity index (χ2v) is 3.31. The number of methoxy groups -OCH3 is 1. The van der Waals surface area contributed by atoms with Gasteiger partial charge < -0.3 is 15.2 Å².